The quantitative estimate of drug-likeness (QED) is 0.689. The Labute approximate surface area is 181 Å². The molecule has 9 heteroatoms. The van der Waals surface area contributed by atoms with Crippen LogP contribution in [0.5, 0.6) is 0 Å². The number of aryl methyl sites for hydroxylation is 2. The highest BCUT2D eigenvalue weighted by Gasteiger charge is 2.29. The van der Waals surface area contributed by atoms with E-state index in [0.29, 0.717) is 35.6 Å². The zero-order valence-corrected chi connectivity index (χ0v) is 18.8. The summed E-state index contributed by atoms with van der Waals surface area (Å²) in [7, 11) is 5.55. The van der Waals surface area contributed by atoms with Crippen molar-refractivity contribution in [1.29, 1.82) is 0 Å². The smallest absolute Gasteiger partial charge is 0.272 e. The first kappa shape index (κ1) is 21.0. The number of carbonyl (C=O) groups excluding carboxylic acids is 1. The van der Waals surface area contributed by atoms with E-state index < -0.39 is 0 Å². The summed E-state index contributed by atoms with van der Waals surface area (Å²) < 4.78 is 1.69. The van der Waals surface area contributed by atoms with Crippen LogP contribution < -0.4 is 10.5 Å². The maximum Gasteiger partial charge on any atom is 0.272 e. The standard InChI is InChI=1S/C22H29N7O2/c1-6-16-13(2)19(28(5)26-16)21(31)29-9-7-8-14(12-29)17-10-18-15(20(30)24-17)11-23-22(25-18)27(3)4/h10-11,14H,6-9,12H2,1-5H3,(H,24,30). The number of H-pyrrole nitrogens is 1. The fraction of sp³-hybridized carbons (Fsp3) is 0.500. The van der Waals surface area contributed by atoms with Crippen LogP contribution >= 0.6 is 0 Å². The van der Waals surface area contributed by atoms with Crippen LogP contribution in [0.3, 0.4) is 0 Å². The minimum atomic E-state index is -0.198. The van der Waals surface area contributed by atoms with Gasteiger partial charge in [-0.3, -0.25) is 14.3 Å². The van der Waals surface area contributed by atoms with Crippen LogP contribution in [0.4, 0.5) is 5.95 Å². The van der Waals surface area contributed by atoms with Gasteiger partial charge in [-0.1, -0.05) is 6.92 Å². The summed E-state index contributed by atoms with van der Waals surface area (Å²) in [5.74, 6) is 0.604. The molecule has 0 saturated carbocycles. The van der Waals surface area contributed by atoms with Crippen molar-refractivity contribution in [3.8, 4) is 0 Å². The molecule has 9 nitrogen and oxygen atoms in total. The molecule has 31 heavy (non-hydrogen) atoms. The Morgan fingerprint density at radius 3 is 2.81 bits per heavy atom. The fourth-order valence-electron chi connectivity index (χ4n) is 4.37. The van der Waals surface area contributed by atoms with Gasteiger partial charge in [0.05, 0.1) is 16.6 Å². The molecule has 1 unspecified atom stereocenters. The average Bonchev–Trinajstić information content (AvgIpc) is 3.05. The van der Waals surface area contributed by atoms with Gasteiger partial charge in [-0.2, -0.15) is 5.10 Å². The molecule has 1 fully saturated rings. The van der Waals surface area contributed by atoms with E-state index in [-0.39, 0.29) is 17.4 Å². The molecule has 1 N–H and O–H groups in total. The van der Waals surface area contributed by atoms with E-state index in [9.17, 15) is 9.59 Å². The van der Waals surface area contributed by atoms with Crippen molar-refractivity contribution in [2.75, 3.05) is 32.1 Å². The van der Waals surface area contributed by atoms with Gasteiger partial charge in [0.15, 0.2) is 0 Å². The number of fused-ring (bicyclic) bond motifs is 1. The van der Waals surface area contributed by atoms with E-state index in [2.05, 4.69) is 20.1 Å². The topological polar surface area (TPSA) is 100 Å². The highest BCUT2D eigenvalue weighted by molar-refractivity contribution is 5.94. The predicted molar refractivity (Wildman–Crippen MR) is 120 cm³/mol. The van der Waals surface area contributed by atoms with Crippen molar-refractivity contribution in [2.45, 2.75) is 39.0 Å². The highest BCUT2D eigenvalue weighted by Crippen LogP contribution is 2.28. The van der Waals surface area contributed by atoms with Crippen LogP contribution in [0.15, 0.2) is 17.1 Å². The van der Waals surface area contributed by atoms with Gasteiger partial charge in [0.2, 0.25) is 5.95 Å². The summed E-state index contributed by atoms with van der Waals surface area (Å²) in [6.45, 7) is 5.26. The number of rotatable bonds is 4. The Kier molecular flexibility index (Phi) is 5.51. The maximum atomic E-state index is 13.3. The fourth-order valence-corrected chi connectivity index (χ4v) is 4.37. The number of carbonyl (C=O) groups is 1. The molecule has 0 aromatic carbocycles. The number of nitrogens with zero attached hydrogens (tertiary/aromatic N) is 6. The molecule has 0 aliphatic carbocycles. The minimum absolute atomic E-state index is 0.00254. The normalized spacial score (nSPS) is 16.7. The molecule has 1 amide bonds. The summed E-state index contributed by atoms with van der Waals surface area (Å²) in [5, 5.41) is 4.96. The molecule has 0 spiro atoms. The summed E-state index contributed by atoms with van der Waals surface area (Å²) >= 11 is 0. The van der Waals surface area contributed by atoms with Crippen LogP contribution in [0.1, 0.15) is 53.1 Å². The van der Waals surface area contributed by atoms with Crippen LogP contribution in [0, 0.1) is 6.92 Å². The Morgan fingerprint density at radius 1 is 1.35 bits per heavy atom. The maximum absolute atomic E-state index is 13.3. The molecular weight excluding hydrogens is 394 g/mol. The Balaban J connectivity index is 1.64. The van der Waals surface area contributed by atoms with E-state index in [1.165, 1.54) is 0 Å². The number of hydrogen-bond donors (Lipinski definition) is 1. The van der Waals surface area contributed by atoms with E-state index >= 15 is 0 Å². The minimum Gasteiger partial charge on any atom is -0.347 e. The van der Waals surface area contributed by atoms with Crippen molar-refractivity contribution >= 4 is 22.8 Å². The van der Waals surface area contributed by atoms with Crippen LogP contribution in [-0.4, -0.2) is 62.7 Å². The zero-order valence-electron chi connectivity index (χ0n) is 18.8. The monoisotopic (exact) mass is 423 g/mol. The van der Waals surface area contributed by atoms with Gasteiger partial charge in [0.25, 0.3) is 11.5 Å². The molecule has 0 bridgehead atoms. The third kappa shape index (κ3) is 3.80. The van der Waals surface area contributed by atoms with Gasteiger partial charge >= 0.3 is 0 Å². The average molecular weight is 424 g/mol. The molecule has 1 saturated heterocycles. The Bertz CT molecular complexity index is 1190. The van der Waals surface area contributed by atoms with Crippen LogP contribution in [0.25, 0.3) is 10.9 Å². The van der Waals surface area contributed by atoms with Gasteiger partial charge in [0, 0.05) is 57.6 Å². The number of pyridine rings is 1. The van der Waals surface area contributed by atoms with Gasteiger partial charge < -0.3 is 14.8 Å². The van der Waals surface area contributed by atoms with Gasteiger partial charge in [0.1, 0.15) is 5.69 Å². The van der Waals surface area contributed by atoms with Crippen LogP contribution in [-0.2, 0) is 13.5 Å². The molecule has 3 aromatic heterocycles. The lowest BCUT2D eigenvalue weighted by atomic mass is 9.93. The summed E-state index contributed by atoms with van der Waals surface area (Å²) in [6, 6.07) is 1.93. The molecule has 4 heterocycles. The zero-order chi connectivity index (χ0) is 22.3. The third-order valence-electron chi connectivity index (χ3n) is 6.07. The molecule has 1 aliphatic rings. The number of hydrogen-bond acceptors (Lipinski definition) is 6. The van der Waals surface area contributed by atoms with E-state index in [4.69, 9.17) is 0 Å². The summed E-state index contributed by atoms with van der Waals surface area (Å²) in [5.41, 5.74) is 3.79. The van der Waals surface area contributed by atoms with Crippen molar-refractivity contribution in [3.05, 3.63) is 45.3 Å². The molecule has 1 atom stereocenters. The van der Waals surface area contributed by atoms with Gasteiger partial charge in [-0.05, 0) is 32.3 Å². The number of nitrogens with one attached hydrogen (secondary N) is 1. The second kappa shape index (κ2) is 8.13. The largest absolute Gasteiger partial charge is 0.347 e. The molecular formula is C22H29N7O2. The molecule has 0 radical (unpaired) electrons. The number of amides is 1. The lowest BCUT2D eigenvalue weighted by Gasteiger charge is -2.33. The summed E-state index contributed by atoms with van der Waals surface area (Å²) in [4.78, 5) is 41.4. The Hall–Kier alpha value is -3.23. The summed E-state index contributed by atoms with van der Waals surface area (Å²) in [6.07, 6.45) is 4.14. The lowest BCUT2D eigenvalue weighted by molar-refractivity contribution is 0.0694. The van der Waals surface area contributed by atoms with E-state index in [0.717, 1.165) is 36.2 Å². The highest BCUT2D eigenvalue weighted by atomic mass is 16.2. The molecule has 164 valence electrons. The number of aromatic nitrogens is 5. The number of likely N-dealkylation sites (tertiary alicyclic amines) is 1. The predicted octanol–water partition coefficient (Wildman–Crippen LogP) is 2.01. The van der Waals surface area contributed by atoms with Gasteiger partial charge in [-0.25, -0.2) is 9.97 Å². The molecule has 4 rings (SSSR count). The second-order valence-electron chi connectivity index (χ2n) is 8.40. The van der Waals surface area contributed by atoms with Crippen LogP contribution in [0.2, 0.25) is 0 Å². The number of anilines is 1. The Morgan fingerprint density at radius 2 is 2.13 bits per heavy atom. The van der Waals surface area contributed by atoms with Crippen molar-refractivity contribution in [3.63, 3.8) is 0 Å². The SMILES string of the molecule is CCc1nn(C)c(C(=O)N2CCCC(c3cc4nc(N(C)C)ncc4c(=O)[nH]3)C2)c1C. The lowest BCUT2D eigenvalue weighted by Crippen LogP contribution is -2.40. The van der Waals surface area contributed by atoms with Crippen molar-refractivity contribution in [2.24, 2.45) is 7.05 Å². The first-order valence-corrected chi connectivity index (χ1v) is 10.7. The van der Waals surface area contributed by atoms with E-state index in [1.807, 2.05) is 50.9 Å². The van der Waals surface area contributed by atoms with E-state index in [1.54, 1.807) is 10.9 Å². The number of aromatic amines is 1. The first-order valence-electron chi connectivity index (χ1n) is 10.7. The first-order chi connectivity index (χ1) is 14.8. The van der Waals surface area contributed by atoms with Crippen molar-refractivity contribution in [1.82, 2.24) is 29.6 Å². The van der Waals surface area contributed by atoms with Gasteiger partial charge in [-0.15, -0.1) is 0 Å². The van der Waals surface area contributed by atoms with Crippen molar-refractivity contribution < 1.29 is 4.79 Å². The molecule has 3 aromatic rings. The number of piperidine rings is 1. The second-order valence-corrected chi connectivity index (χ2v) is 8.40. The third-order valence-corrected chi connectivity index (χ3v) is 6.07. The molecule has 1 aliphatic heterocycles.